The fourth-order valence-electron chi connectivity index (χ4n) is 2.49. The van der Waals surface area contributed by atoms with Gasteiger partial charge in [-0.2, -0.15) is 0 Å². The lowest BCUT2D eigenvalue weighted by molar-refractivity contribution is -0.120. The van der Waals surface area contributed by atoms with Gasteiger partial charge in [-0.3, -0.25) is 9.59 Å². The summed E-state index contributed by atoms with van der Waals surface area (Å²) in [4.78, 5) is 25.4. The topological polar surface area (TPSA) is 70.7 Å². The number of benzene rings is 2. The number of hydrogen-bond donors (Lipinski definition) is 2. The quantitative estimate of drug-likeness (QED) is 0.859. The maximum Gasteiger partial charge on any atom is 0.262 e. The third kappa shape index (κ3) is 4.87. The number of rotatable bonds is 5. The van der Waals surface area contributed by atoms with E-state index in [1.807, 2.05) is 29.2 Å². The van der Waals surface area contributed by atoms with Crippen LogP contribution in [0, 0.1) is 0 Å². The number of hydrogen-bond acceptors (Lipinski definition) is 4. The highest BCUT2D eigenvalue weighted by Gasteiger charge is 2.16. The van der Waals surface area contributed by atoms with E-state index in [0.717, 1.165) is 12.2 Å². The van der Waals surface area contributed by atoms with Gasteiger partial charge in [-0.05, 0) is 48.5 Å². The van der Waals surface area contributed by atoms with Crippen LogP contribution in [-0.2, 0) is 9.59 Å². The molecule has 3 rings (SSSR count). The summed E-state index contributed by atoms with van der Waals surface area (Å²) in [5.41, 5.74) is 1.63. The molecule has 2 N–H and O–H groups in total. The van der Waals surface area contributed by atoms with E-state index in [0.29, 0.717) is 29.5 Å². The van der Waals surface area contributed by atoms with Crippen molar-refractivity contribution in [1.82, 2.24) is 5.32 Å². The summed E-state index contributed by atoms with van der Waals surface area (Å²) < 4.78 is 5.40. The van der Waals surface area contributed by atoms with Gasteiger partial charge in [-0.25, -0.2) is 0 Å². The minimum Gasteiger partial charge on any atom is -0.484 e. The van der Waals surface area contributed by atoms with Gasteiger partial charge in [0.25, 0.3) is 5.91 Å². The molecule has 2 amide bonds. The molecule has 0 atom stereocenters. The largest absolute Gasteiger partial charge is 0.484 e. The lowest BCUT2D eigenvalue weighted by atomic mass is 10.2. The van der Waals surface area contributed by atoms with E-state index in [9.17, 15) is 9.59 Å². The molecule has 0 spiro atoms. The van der Waals surface area contributed by atoms with Crippen molar-refractivity contribution in [2.45, 2.75) is 0 Å². The molecule has 0 aromatic heterocycles. The van der Waals surface area contributed by atoms with Crippen LogP contribution in [0.25, 0.3) is 0 Å². The first kappa shape index (κ1) is 17.1. The van der Waals surface area contributed by atoms with Gasteiger partial charge in [0.05, 0.1) is 6.54 Å². The number of nitrogens with zero attached hydrogens (tertiary/aromatic N) is 1. The summed E-state index contributed by atoms with van der Waals surface area (Å²) in [7, 11) is 0. The van der Waals surface area contributed by atoms with Gasteiger partial charge in [0.15, 0.2) is 6.61 Å². The second kappa shape index (κ2) is 7.90. The zero-order valence-corrected chi connectivity index (χ0v) is 14.3. The van der Waals surface area contributed by atoms with Crippen molar-refractivity contribution >= 4 is 34.8 Å². The van der Waals surface area contributed by atoms with Crippen LogP contribution in [0.2, 0.25) is 5.02 Å². The highest BCUT2D eigenvalue weighted by atomic mass is 35.5. The Hall–Kier alpha value is -2.73. The van der Waals surface area contributed by atoms with E-state index >= 15 is 0 Å². The van der Waals surface area contributed by atoms with Crippen LogP contribution in [0.4, 0.5) is 11.4 Å². The normalized spacial score (nSPS) is 14.0. The van der Waals surface area contributed by atoms with Crippen LogP contribution in [0.3, 0.4) is 0 Å². The van der Waals surface area contributed by atoms with Crippen LogP contribution in [0.15, 0.2) is 48.5 Å². The molecule has 6 nitrogen and oxygen atoms in total. The number of amides is 2. The van der Waals surface area contributed by atoms with Crippen LogP contribution < -0.4 is 20.3 Å². The van der Waals surface area contributed by atoms with Gasteiger partial charge < -0.3 is 20.3 Å². The predicted octanol–water partition coefficient (Wildman–Crippen LogP) is 2.29. The number of ether oxygens (including phenoxy) is 1. The van der Waals surface area contributed by atoms with E-state index < -0.39 is 0 Å². The van der Waals surface area contributed by atoms with Crippen molar-refractivity contribution in [3.05, 3.63) is 53.6 Å². The van der Waals surface area contributed by atoms with Gasteiger partial charge in [0.1, 0.15) is 5.75 Å². The van der Waals surface area contributed by atoms with Crippen molar-refractivity contribution in [2.75, 3.05) is 36.5 Å². The fourth-order valence-corrected chi connectivity index (χ4v) is 2.62. The summed E-state index contributed by atoms with van der Waals surface area (Å²) in [5, 5.41) is 6.18. The second-order valence-electron chi connectivity index (χ2n) is 5.61. The second-order valence-corrected chi connectivity index (χ2v) is 6.05. The highest BCUT2D eigenvalue weighted by molar-refractivity contribution is 6.30. The van der Waals surface area contributed by atoms with Crippen molar-refractivity contribution in [2.24, 2.45) is 0 Å². The minimum absolute atomic E-state index is 0.0166. The standard InChI is InChI=1S/C18H18ClN3O3/c19-13-1-7-16(8-2-13)25-12-18(24)21-14-3-5-15(6-4-14)22-10-9-20-17(23)11-22/h1-8H,9-12H2,(H,20,23)(H,21,24). The Morgan fingerprint density at radius 3 is 2.56 bits per heavy atom. The molecule has 1 aliphatic rings. The lowest BCUT2D eigenvalue weighted by Gasteiger charge is -2.28. The number of halogens is 1. The maximum absolute atomic E-state index is 12.0. The molecular weight excluding hydrogens is 342 g/mol. The summed E-state index contributed by atoms with van der Waals surface area (Å²) in [6, 6.07) is 14.2. The fraction of sp³-hybridized carbons (Fsp3) is 0.222. The molecule has 25 heavy (non-hydrogen) atoms. The Balaban J connectivity index is 1.51. The van der Waals surface area contributed by atoms with Crippen LogP contribution in [0.1, 0.15) is 0 Å². The van der Waals surface area contributed by atoms with E-state index in [1.54, 1.807) is 24.3 Å². The predicted molar refractivity (Wildman–Crippen MR) is 97.2 cm³/mol. The molecule has 0 saturated carbocycles. The first-order valence-corrected chi connectivity index (χ1v) is 8.28. The van der Waals surface area contributed by atoms with Gasteiger partial charge in [-0.1, -0.05) is 11.6 Å². The molecule has 2 aromatic carbocycles. The molecule has 0 radical (unpaired) electrons. The molecule has 2 aromatic rings. The average molecular weight is 360 g/mol. The Labute approximate surface area is 150 Å². The first-order chi connectivity index (χ1) is 12.1. The minimum atomic E-state index is -0.250. The molecule has 0 bridgehead atoms. The third-order valence-electron chi connectivity index (χ3n) is 3.74. The van der Waals surface area contributed by atoms with Crippen molar-refractivity contribution in [3.8, 4) is 5.75 Å². The number of piperazine rings is 1. The summed E-state index contributed by atoms with van der Waals surface area (Å²) in [6.07, 6.45) is 0. The number of nitrogens with one attached hydrogen (secondary N) is 2. The molecular formula is C18H18ClN3O3. The summed E-state index contributed by atoms with van der Waals surface area (Å²) in [6.45, 7) is 1.67. The molecule has 130 valence electrons. The van der Waals surface area contributed by atoms with Crippen LogP contribution in [0.5, 0.6) is 5.75 Å². The van der Waals surface area contributed by atoms with Crippen molar-refractivity contribution in [1.29, 1.82) is 0 Å². The molecule has 1 heterocycles. The number of carbonyl (C=O) groups is 2. The van der Waals surface area contributed by atoms with Crippen LogP contribution >= 0.6 is 11.6 Å². The Bertz CT molecular complexity index is 747. The molecule has 0 aliphatic carbocycles. The maximum atomic E-state index is 12.0. The van der Waals surface area contributed by atoms with Gasteiger partial charge in [0.2, 0.25) is 5.91 Å². The Kier molecular flexibility index (Phi) is 5.40. The first-order valence-electron chi connectivity index (χ1n) is 7.90. The Morgan fingerprint density at radius 2 is 1.88 bits per heavy atom. The number of carbonyl (C=O) groups excluding carboxylic acids is 2. The number of anilines is 2. The summed E-state index contributed by atoms with van der Waals surface area (Å²) >= 11 is 5.80. The van der Waals surface area contributed by atoms with E-state index in [2.05, 4.69) is 10.6 Å². The van der Waals surface area contributed by atoms with Gasteiger partial charge >= 0.3 is 0 Å². The molecule has 1 saturated heterocycles. The van der Waals surface area contributed by atoms with E-state index in [4.69, 9.17) is 16.3 Å². The molecule has 0 unspecified atom stereocenters. The van der Waals surface area contributed by atoms with Gasteiger partial charge in [0, 0.05) is 29.5 Å². The molecule has 1 fully saturated rings. The van der Waals surface area contributed by atoms with E-state index in [-0.39, 0.29) is 18.4 Å². The average Bonchev–Trinajstić information content (AvgIpc) is 2.62. The zero-order chi connectivity index (χ0) is 17.6. The van der Waals surface area contributed by atoms with Crippen molar-refractivity contribution in [3.63, 3.8) is 0 Å². The van der Waals surface area contributed by atoms with Crippen LogP contribution in [-0.4, -0.2) is 38.1 Å². The molecule has 1 aliphatic heterocycles. The van der Waals surface area contributed by atoms with Gasteiger partial charge in [-0.15, -0.1) is 0 Å². The monoisotopic (exact) mass is 359 g/mol. The Morgan fingerprint density at radius 1 is 1.16 bits per heavy atom. The lowest BCUT2D eigenvalue weighted by Crippen LogP contribution is -2.47. The highest BCUT2D eigenvalue weighted by Crippen LogP contribution is 2.19. The van der Waals surface area contributed by atoms with E-state index in [1.165, 1.54) is 0 Å². The SMILES string of the molecule is O=C1CN(c2ccc(NC(=O)COc3ccc(Cl)cc3)cc2)CCN1. The zero-order valence-electron chi connectivity index (χ0n) is 13.5. The summed E-state index contributed by atoms with van der Waals surface area (Å²) in [5.74, 6) is 0.348. The van der Waals surface area contributed by atoms with Crippen molar-refractivity contribution < 1.29 is 14.3 Å². The molecule has 7 heteroatoms. The smallest absolute Gasteiger partial charge is 0.262 e. The third-order valence-corrected chi connectivity index (χ3v) is 3.99.